The Hall–Kier alpha value is -3.10. The lowest BCUT2D eigenvalue weighted by Gasteiger charge is -2.37. The average Bonchev–Trinajstić information content (AvgIpc) is 3.56. The molecule has 36 heavy (non-hydrogen) atoms. The van der Waals surface area contributed by atoms with Crippen molar-refractivity contribution in [3.8, 4) is 5.75 Å². The predicted octanol–water partition coefficient (Wildman–Crippen LogP) is 5.42. The number of carbonyl (C=O) groups excluding carboxylic acids is 1. The molecule has 1 aromatic heterocycles. The number of carbonyl (C=O) groups is 1. The zero-order valence-corrected chi connectivity index (χ0v) is 21.7. The molecular formula is C28H35N5O2S. The van der Waals surface area contributed by atoms with E-state index >= 15 is 0 Å². The van der Waals surface area contributed by atoms with E-state index in [2.05, 4.69) is 44.4 Å². The van der Waals surface area contributed by atoms with Crippen molar-refractivity contribution in [1.82, 2.24) is 9.88 Å². The number of hydrogen-bond acceptors (Lipinski definition) is 8. The summed E-state index contributed by atoms with van der Waals surface area (Å²) in [4.78, 5) is 23.0. The first-order valence-electron chi connectivity index (χ1n) is 13.0. The van der Waals surface area contributed by atoms with Crippen LogP contribution < -0.4 is 16.0 Å². The summed E-state index contributed by atoms with van der Waals surface area (Å²) in [6.45, 7) is 6.78. The van der Waals surface area contributed by atoms with Crippen molar-refractivity contribution in [2.45, 2.75) is 51.5 Å². The maximum Gasteiger partial charge on any atom is 0.206 e. The van der Waals surface area contributed by atoms with E-state index in [1.165, 1.54) is 55.8 Å². The van der Waals surface area contributed by atoms with Gasteiger partial charge in [-0.05, 0) is 93.2 Å². The summed E-state index contributed by atoms with van der Waals surface area (Å²) in [5.74, 6) is 0.255. The Morgan fingerprint density at radius 2 is 1.83 bits per heavy atom. The number of nitrogen functional groups attached to an aromatic ring is 1. The number of nitrogens with one attached hydrogen (secondary N) is 1. The van der Waals surface area contributed by atoms with Gasteiger partial charge in [-0.15, -0.1) is 0 Å². The van der Waals surface area contributed by atoms with E-state index in [0.717, 1.165) is 36.8 Å². The van der Waals surface area contributed by atoms with Crippen LogP contribution in [-0.4, -0.2) is 53.0 Å². The molecule has 2 fully saturated rings. The van der Waals surface area contributed by atoms with Gasteiger partial charge < -0.3 is 26.0 Å². The molecule has 0 spiro atoms. The molecule has 190 valence electrons. The maximum absolute atomic E-state index is 13.1. The summed E-state index contributed by atoms with van der Waals surface area (Å²) in [7, 11) is 0. The van der Waals surface area contributed by atoms with Gasteiger partial charge in [0.25, 0.3) is 0 Å². The fraction of sp³-hybridized carbons (Fsp3) is 0.429. The summed E-state index contributed by atoms with van der Waals surface area (Å²) in [6, 6.07) is 14.1. The van der Waals surface area contributed by atoms with Crippen LogP contribution in [0.4, 0.5) is 22.3 Å². The monoisotopic (exact) mass is 505 g/mol. The highest BCUT2D eigenvalue weighted by molar-refractivity contribution is 7.18. The topological polar surface area (TPSA) is 94.7 Å². The quantitative estimate of drug-likeness (QED) is 0.352. The molecule has 2 aliphatic heterocycles. The molecule has 0 radical (unpaired) electrons. The van der Waals surface area contributed by atoms with Gasteiger partial charge in [0, 0.05) is 36.1 Å². The zero-order valence-electron chi connectivity index (χ0n) is 20.9. The molecule has 0 unspecified atom stereocenters. The second-order valence-corrected chi connectivity index (χ2v) is 10.8. The fourth-order valence-corrected chi connectivity index (χ4v) is 6.22. The van der Waals surface area contributed by atoms with Gasteiger partial charge in [0.05, 0.1) is 0 Å². The Labute approximate surface area is 217 Å². The molecule has 2 saturated heterocycles. The first-order valence-corrected chi connectivity index (χ1v) is 13.8. The molecule has 0 aliphatic carbocycles. The molecule has 7 nitrogen and oxygen atoms in total. The van der Waals surface area contributed by atoms with Gasteiger partial charge in [0.1, 0.15) is 16.4 Å². The lowest BCUT2D eigenvalue weighted by atomic mass is 10.0. The molecule has 5 rings (SSSR count). The number of phenols is 1. The maximum atomic E-state index is 13.1. The zero-order chi connectivity index (χ0) is 25.1. The lowest BCUT2D eigenvalue weighted by molar-refractivity contribution is 0.104. The average molecular weight is 506 g/mol. The molecule has 0 bridgehead atoms. The second-order valence-electron chi connectivity index (χ2n) is 9.79. The molecule has 4 N–H and O–H groups in total. The minimum absolute atomic E-state index is 0.178. The minimum atomic E-state index is -0.178. The second kappa shape index (κ2) is 10.9. The van der Waals surface area contributed by atoms with Crippen LogP contribution in [0.1, 0.15) is 59.8 Å². The number of ketones is 1. The van der Waals surface area contributed by atoms with Crippen LogP contribution in [-0.2, 0) is 6.42 Å². The minimum Gasteiger partial charge on any atom is -0.508 e. The van der Waals surface area contributed by atoms with E-state index in [-0.39, 0.29) is 17.4 Å². The van der Waals surface area contributed by atoms with Crippen LogP contribution in [0.15, 0.2) is 42.5 Å². The summed E-state index contributed by atoms with van der Waals surface area (Å²) >= 11 is 1.25. The highest BCUT2D eigenvalue weighted by Crippen LogP contribution is 2.32. The van der Waals surface area contributed by atoms with E-state index in [1.54, 1.807) is 18.2 Å². The number of aromatic nitrogens is 1. The predicted molar refractivity (Wildman–Crippen MR) is 148 cm³/mol. The van der Waals surface area contributed by atoms with Gasteiger partial charge in [0.15, 0.2) is 5.13 Å². The Morgan fingerprint density at radius 1 is 1.11 bits per heavy atom. The normalized spacial score (nSPS) is 17.0. The number of nitrogens with two attached hydrogens (primary N) is 1. The van der Waals surface area contributed by atoms with Crippen LogP contribution in [0.3, 0.4) is 0 Å². The molecular weight excluding hydrogens is 470 g/mol. The standard InChI is InChI=1S/C28H35N5O2S/c1-2-5-19-18-20(6-11-24(19)34)25(35)26-27(29)31-28(36-26)30-21-7-9-22(10-8-21)33-16-12-23(13-17-33)32-14-3-4-15-32/h6-11,18,23,34H,2-5,12-17,29H2,1H3,(H,30,31). The number of nitrogens with zero attached hydrogens (tertiary/aromatic N) is 3. The SMILES string of the molecule is CCCc1cc(C(=O)c2sc(Nc3ccc(N4CCC(N5CCCC5)CC4)cc3)nc2N)ccc1O. The van der Waals surface area contributed by atoms with E-state index in [9.17, 15) is 9.90 Å². The Balaban J connectivity index is 1.22. The van der Waals surface area contributed by atoms with Crippen molar-refractivity contribution >= 4 is 39.4 Å². The Bertz CT molecular complexity index is 1200. The molecule has 3 aromatic rings. The van der Waals surface area contributed by atoms with Crippen LogP contribution in [0.25, 0.3) is 0 Å². The molecule has 0 saturated carbocycles. The fourth-order valence-electron chi connectivity index (χ4n) is 5.35. The van der Waals surface area contributed by atoms with Crippen LogP contribution in [0, 0.1) is 0 Å². The van der Waals surface area contributed by atoms with E-state index < -0.39 is 0 Å². The molecule has 0 atom stereocenters. The van der Waals surface area contributed by atoms with Crippen LogP contribution in [0.2, 0.25) is 0 Å². The number of hydrogen-bond donors (Lipinski definition) is 3. The van der Waals surface area contributed by atoms with Crippen LogP contribution in [0.5, 0.6) is 5.75 Å². The number of rotatable bonds is 8. The van der Waals surface area contributed by atoms with Gasteiger partial charge in [-0.2, -0.15) is 0 Å². The molecule has 3 heterocycles. The summed E-state index contributed by atoms with van der Waals surface area (Å²) in [5, 5.41) is 13.9. The first-order chi connectivity index (χ1) is 17.5. The Kier molecular flexibility index (Phi) is 7.43. The van der Waals surface area contributed by atoms with Crippen molar-refractivity contribution in [3.63, 3.8) is 0 Å². The molecule has 8 heteroatoms. The van der Waals surface area contributed by atoms with Crippen molar-refractivity contribution in [2.24, 2.45) is 0 Å². The number of likely N-dealkylation sites (tertiary alicyclic amines) is 1. The third-order valence-electron chi connectivity index (χ3n) is 7.33. The Morgan fingerprint density at radius 3 is 2.53 bits per heavy atom. The number of benzene rings is 2. The molecule has 2 aliphatic rings. The van der Waals surface area contributed by atoms with Gasteiger partial charge in [0.2, 0.25) is 5.78 Å². The third kappa shape index (κ3) is 5.34. The van der Waals surface area contributed by atoms with Crippen molar-refractivity contribution < 1.29 is 9.90 Å². The number of thiazole rings is 1. The number of aromatic hydroxyl groups is 1. The summed E-state index contributed by atoms with van der Waals surface area (Å²) < 4.78 is 0. The smallest absolute Gasteiger partial charge is 0.206 e. The summed E-state index contributed by atoms with van der Waals surface area (Å²) in [5.41, 5.74) is 9.55. The third-order valence-corrected chi connectivity index (χ3v) is 8.31. The van der Waals surface area contributed by atoms with Gasteiger partial charge in [-0.3, -0.25) is 4.79 Å². The van der Waals surface area contributed by atoms with E-state index in [1.807, 2.05) is 6.92 Å². The summed E-state index contributed by atoms with van der Waals surface area (Å²) in [6.07, 6.45) is 6.77. The first kappa shape index (κ1) is 24.6. The number of anilines is 4. The molecule has 0 amide bonds. The van der Waals surface area contributed by atoms with Crippen LogP contribution >= 0.6 is 11.3 Å². The van der Waals surface area contributed by atoms with Gasteiger partial charge in [-0.1, -0.05) is 24.7 Å². The van der Waals surface area contributed by atoms with E-state index in [0.29, 0.717) is 22.0 Å². The van der Waals surface area contributed by atoms with Crippen molar-refractivity contribution in [1.29, 1.82) is 0 Å². The highest BCUT2D eigenvalue weighted by Gasteiger charge is 2.26. The number of phenolic OH excluding ortho intramolecular Hbond substituents is 1. The van der Waals surface area contributed by atoms with Gasteiger partial charge >= 0.3 is 0 Å². The number of piperidine rings is 1. The molecule has 2 aromatic carbocycles. The van der Waals surface area contributed by atoms with Crippen molar-refractivity contribution in [2.75, 3.05) is 42.1 Å². The number of aryl methyl sites for hydroxylation is 1. The van der Waals surface area contributed by atoms with Gasteiger partial charge in [-0.25, -0.2) is 4.98 Å². The van der Waals surface area contributed by atoms with Crippen molar-refractivity contribution in [3.05, 3.63) is 58.5 Å². The van der Waals surface area contributed by atoms with E-state index in [4.69, 9.17) is 5.73 Å². The largest absolute Gasteiger partial charge is 0.508 e. The highest BCUT2D eigenvalue weighted by atomic mass is 32.1. The lowest BCUT2D eigenvalue weighted by Crippen LogP contribution is -2.43.